The highest BCUT2D eigenvalue weighted by atomic mass is 16.7. The van der Waals surface area contributed by atoms with E-state index in [1.807, 2.05) is 25.2 Å². The van der Waals surface area contributed by atoms with Gasteiger partial charge >= 0.3 is 0 Å². The maximum absolute atomic E-state index is 10.7. The van der Waals surface area contributed by atoms with Gasteiger partial charge < -0.3 is 33.9 Å². The van der Waals surface area contributed by atoms with Crippen LogP contribution < -0.4 is 0 Å². The van der Waals surface area contributed by atoms with Gasteiger partial charge in [-0.15, -0.1) is 0 Å². The number of ether oxygens (including phenoxy) is 5. The van der Waals surface area contributed by atoms with E-state index in [0.717, 1.165) is 19.1 Å². The number of rotatable bonds is 12. The molecule has 9 unspecified atom stereocenters. The van der Waals surface area contributed by atoms with Gasteiger partial charge in [0.1, 0.15) is 12.2 Å². The highest BCUT2D eigenvalue weighted by molar-refractivity contribution is 5.17. The summed E-state index contributed by atoms with van der Waals surface area (Å²) in [5.41, 5.74) is 1.06. The third-order valence-corrected chi connectivity index (χ3v) is 7.41. The molecule has 0 spiro atoms. The summed E-state index contributed by atoms with van der Waals surface area (Å²) in [6, 6.07) is 0. The van der Waals surface area contributed by atoms with Crippen molar-refractivity contribution in [1.82, 2.24) is 0 Å². The van der Waals surface area contributed by atoms with Crippen LogP contribution in [0.25, 0.3) is 0 Å². The maximum atomic E-state index is 10.7. The van der Waals surface area contributed by atoms with E-state index in [4.69, 9.17) is 28.8 Å². The Balaban J connectivity index is 0.00000265. The van der Waals surface area contributed by atoms with E-state index in [1.165, 1.54) is 0 Å². The number of hydrogen-bond acceptors (Lipinski definition) is 7. The van der Waals surface area contributed by atoms with Crippen LogP contribution in [-0.4, -0.2) is 82.6 Å². The highest BCUT2D eigenvalue weighted by Crippen LogP contribution is 2.54. The van der Waals surface area contributed by atoms with Gasteiger partial charge in [0, 0.05) is 42.0 Å². The van der Waals surface area contributed by atoms with E-state index in [-0.39, 0.29) is 30.5 Å². The van der Waals surface area contributed by atoms with Crippen LogP contribution in [-0.2, 0) is 23.7 Å². The van der Waals surface area contributed by atoms with Crippen molar-refractivity contribution in [2.24, 2.45) is 23.7 Å². The summed E-state index contributed by atoms with van der Waals surface area (Å²) in [7, 11) is 7.77. The molecule has 1 aliphatic heterocycles. The number of aliphatic hydroxyl groups is 2. The third kappa shape index (κ3) is 7.85. The first kappa shape index (κ1) is 30.2. The summed E-state index contributed by atoms with van der Waals surface area (Å²) in [6.07, 6.45) is 7.57. The Bertz CT molecular complexity index is 589. The Labute approximate surface area is 201 Å². The molecule has 0 radical (unpaired) electrons. The first-order chi connectivity index (χ1) is 15.8. The second-order valence-electron chi connectivity index (χ2n) is 9.14. The summed E-state index contributed by atoms with van der Waals surface area (Å²) in [5.74, 6) is 1.89. The Hall–Kier alpha value is -0.800. The second-order valence-corrected chi connectivity index (χ2v) is 9.14. The maximum Gasteiger partial charge on any atom is 0.184 e. The van der Waals surface area contributed by atoms with Crippen molar-refractivity contribution in [2.45, 2.75) is 83.8 Å². The van der Waals surface area contributed by atoms with Crippen LogP contribution in [0, 0.1) is 23.7 Å². The van der Waals surface area contributed by atoms with Crippen molar-refractivity contribution in [3.63, 3.8) is 0 Å². The summed E-state index contributed by atoms with van der Waals surface area (Å²) in [5, 5.41) is 17.7. The van der Waals surface area contributed by atoms with Crippen LogP contribution in [0.2, 0.25) is 0 Å². The quantitative estimate of drug-likeness (QED) is 0.420. The molecule has 1 saturated heterocycles. The molecule has 1 saturated carbocycles. The van der Waals surface area contributed by atoms with Crippen molar-refractivity contribution in [3.8, 4) is 0 Å². The summed E-state index contributed by atoms with van der Waals surface area (Å²) < 4.78 is 28.3. The van der Waals surface area contributed by atoms with E-state index in [9.17, 15) is 5.11 Å². The predicted octanol–water partition coefficient (Wildman–Crippen LogP) is 3.58. The molecule has 0 aromatic carbocycles. The van der Waals surface area contributed by atoms with Crippen LogP contribution in [0.5, 0.6) is 0 Å². The van der Waals surface area contributed by atoms with E-state index < -0.39 is 6.29 Å². The Morgan fingerprint density at radius 3 is 2.21 bits per heavy atom. The van der Waals surface area contributed by atoms with Gasteiger partial charge in [0.25, 0.3) is 0 Å². The van der Waals surface area contributed by atoms with Crippen molar-refractivity contribution in [2.75, 3.05) is 35.5 Å². The number of aliphatic hydroxyl groups excluding tert-OH is 2. The monoisotopic (exact) mass is 472 g/mol. The molecular weight excluding hydrogens is 424 g/mol. The highest BCUT2D eigenvalue weighted by Gasteiger charge is 2.54. The van der Waals surface area contributed by atoms with Crippen molar-refractivity contribution >= 4 is 0 Å². The van der Waals surface area contributed by atoms with Crippen LogP contribution in [0.3, 0.4) is 0 Å². The topological polar surface area (TPSA) is 86.6 Å². The predicted molar refractivity (Wildman–Crippen MR) is 130 cm³/mol. The fraction of sp³-hybridized carbons (Fsp3) is 0.846. The van der Waals surface area contributed by atoms with Gasteiger partial charge in [-0.1, -0.05) is 39.0 Å². The van der Waals surface area contributed by atoms with Crippen LogP contribution in [0.15, 0.2) is 23.8 Å². The van der Waals surface area contributed by atoms with Crippen molar-refractivity contribution in [3.05, 3.63) is 23.8 Å². The lowest BCUT2D eigenvalue weighted by Gasteiger charge is -2.39. The second kappa shape index (κ2) is 15.2. The van der Waals surface area contributed by atoms with Gasteiger partial charge in [-0.3, -0.25) is 0 Å². The molecule has 7 heteroatoms. The molecule has 2 N–H and O–H groups in total. The van der Waals surface area contributed by atoms with Gasteiger partial charge in [-0.05, 0) is 49.0 Å². The first-order valence-electron chi connectivity index (χ1n) is 12.1. The molecule has 33 heavy (non-hydrogen) atoms. The molecule has 2 aliphatic rings. The normalized spacial score (nSPS) is 35.0. The molecule has 0 aromatic rings. The third-order valence-electron chi connectivity index (χ3n) is 7.41. The smallest absolute Gasteiger partial charge is 0.184 e. The molecule has 7 nitrogen and oxygen atoms in total. The molecule has 10 atom stereocenters. The zero-order valence-corrected chi connectivity index (χ0v) is 22.1. The van der Waals surface area contributed by atoms with Crippen LogP contribution in [0.1, 0.15) is 47.0 Å². The molecule has 2 rings (SSSR count). The summed E-state index contributed by atoms with van der Waals surface area (Å²) in [4.78, 5) is 0. The molecule has 194 valence electrons. The first-order valence-corrected chi connectivity index (χ1v) is 12.1. The van der Waals surface area contributed by atoms with Gasteiger partial charge in [-0.2, -0.15) is 0 Å². The minimum absolute atomic E-state index is 0.0894. The van der Waals surface area contributed by atoms with Crippen molar-refractivity contribution < 1.29 is 33.9 Å². The molecular formula is C26H48O7. The SMILES string of the molecule is CCC(OC)C(C)C1C(C(O)C/C=C/C=C(\C)C2OC(OC)C(OC)CC2OC)[C@@H]1C.CO. The van der Waals surface area contributed by atoms with Crippen molar-refractivity contribution in [1.29, 1.82) is 0 Å². The Kier molecular flexibility index (Phi) is 14.0. The fourth-order valence-electron chi connectivity index (χ4n) is 5.47. The van der Waals surface area contributed by atoms with Crippen LogP contribution >= 0.6 is 0 Å². The van der Waals surface area contributed by atoms with Gasteiger partial charge in [0.15, 0.2) is 6.29 Å². The zero-order chi connectivity index (χ0) is 25.1. The minimum Gasteiger partial charge on any atom is -0.400 e. The van der Waals surface area contributed by atoms with Gasteiger partial charge in [0.05, 0.1) is 18.3 Å². The summed E-state index contributed by atoms with van der Waals surface area (Å²) >= 11 is 0. The Morgan fingerprint density at radius 1 is 1.06 bits per heavy atom. The molecule has 0 bridgehead atoms. The summed E-state index contributed by atoms with van der Waals surface area (Å²) in [6.45, 7) is 8.70. The number of methoxy groups -OCH3 is 4. The van der Waals surface area contributed by atoms with Gasteiger partial charge in [0.2, 0.25) is 0 Å². The molecule has 2 fully saturated rings. The lowest BCUT2D eigenvalue weighted by molar-refractivity contribution is -0.256. The minimum atomic E-state index is -0.412. The number of hydrogen-bond donors (Lipinski definition) is 2. The fourth-order valence-corrected chi connectivity index (χ4v) is 5.47. The number of allylic oxidation sites excluding steroid dienone is 2. The van der Waals surface area contributed by atoms with E-state index in [1.54, 1.807) is 28.4 Å². The lowest BCUT2D eigenvalue weighted by Crippen LogP contribution is -2.49. The van der Waals surface area contributed by atoms with E-state index in [0.29, 0.717) is 36.5 Å². The standard InChI is InChI=1S/C25H44O6.CH4O/c1-9-19(27-5)16(3)22-17(4)23(22)18(26)13-11-10-12-15(2)24-20(28-6)14-21(29-7)25(30-8)31-24;1-2/h10-12,16-26H,9,13-14H2,1-8H3;2H,1H3/b11-10+,15-12+;/t16?,17-,18?,19?,20?,21?,22?,23?,24?,25?;/m1./s1. The molecule has 1 aliphatic carbocycles. The molecule has 1 heterocycles. The van der Waals surface area contributed by atoms with E-state index in [2.05, 4.69) is 20.8 Å². The van der Waals surface area contributed by atoms with Crippen LogP contribution in [0.4, 0.5) is 0 Å². The van der Waals surface area contributed by atoms with Gasteiger partial charge in [-0.25, -0.2) is 0 Å². The zero-order valence-electron chi connectivity index (χ0n) is 22.1. The largest absolute Gasteiger partial charge is 0.400 e. The Morgan fingerprint density at radius 2 is 1.70 bits per heavy atom. The lowest BCUT2D eigenvalue weighted by atomic mass is 9.93. The average molecular weight is 473 g/mol. The molecule has 0 amide bonds. The van der Waals surface area contributed by atoms with E-state index >= 15 is 0 Å². The molecule has 0 aromatic heterocycles. The average Bonchev–Trinajstić information content (AvgIpc) is 3.53.